The molecule has 2 amide bonds. The summed E-state index contributed by atoms with van der Waals surface area (Å²) in [5, 5.41) is 6.24. The van der Waals surface area contributed by atoms with Crippen LogP contribution in [0.25, 0.3) is 0 Å². The molecule has 0 heterocycles. The van der Waals surface area contributed by atoms with Gasteiger partial charge in [0, 0.05) is 17.4 Å². The molecule has 0 saturated carbocycles. The number of rotatable bonds is 3. The first-order valence-corrected chi connectivity index (χ1v) is 7.10. The third-order valence-corrected chi connectivity index (χ3v) is 3.59. The molecule has 4 nitrogen and oxygen atoms in total. The number of benzene rings is 2. The molecule has 2 aromatic rings. The molecule has 1 atom stereocenters. The van der Waals surface area contributed by atoms with Crippen molar-refractivity contribution in [1.29, 1.82) is 0 Å². The summed E-state index contributed by atoms with van der Waals surface area (Å²) in [6, 6.07) is 11.8. The number of amides is 2. The van der Waals surface area contributed by atoms with Crippen molar-refractivity contribution in [2.45, 2.75) is 13.0 Å². The molecule has 0 fully saturated rings. The van der Waals surface area contributed by atoms with Crippen molar-refractivity contribution in [1.82, 2.24) is 0 Å². The van der Waals surface area contributed by atoms with E-state index in [1.165, 1.54) is 0 Å². The zero-order chi connectivity index (χ0) is 15.4. The lowest BCUT2D eigenvalue weighted by atomic mass is 10.1. The quantitative estimate of drug-likeness (QED) is 0.769. The fraction of sp³-hybridized carbons (Fsp3) is 0.133. The lowest BCUT2D eigenvalue weighted by Gasteiger charge is -2.11. The van der Waals surface area contributed by atoms with Gasteiger partial charge < -0.3 is 16.4 Å². The van der Waals surface area contributed by atoms with Crippen molar-refractivity contribution in [2.75, 3.05) is 10.6 Å². The van der Waals surface area contributed by atoms with Crippen LogP contribution in [0, 0.1) is 0 Å². The Labute approximate surface area is 133 Å². The fourth-order valence-electron chi connectivity index (χ4n) is 1.77. The minimum Gasteiger partial charge on any atom is -0.324 e. The second-order valence-corrected chi connectivity index (χ2v) is 5.44. The van der Waals surface area contributed by atoms with Gasteiger partial charge in [0.25, 0.3) is 0 Å². The predicted molar refractivity (Wildman–Crippen MR) is 88.1 cm³/mol. The summed E-state index contributed by atoms with van der Waals surface area (Å²) in [7, 11) is 0. The van der Waals surface area contributed by atoms with E-state index >= 15 is 0 Å². The Bertz CT molecular complexity index is 659. The van der Waals surface area contributed by atoms with Crippen LogP contribution in [0.5, 0.6) is 0 Å². The van der Waals surface area contributed by atoms with Crippen LogP contribution in [0.2, 0.25) is 10.0 Å². The Balaban J connectivity index is 2.04. The highest BCUT2D eigenvalue weighted by Crippen LogP contribution is 2.25. The summed E-state index contributed by atoms with van der Waals surface area (Å²) in [4.78, 5) is 11.9. The van der Waals surface area contributed by atoms with Gasteiger partial charge in [-0.15, -0.1) is 0 Å². The van der Waals surface area contributed by atoms with Crippen LogP contribution in [0.15, 0.2) is 42.5 Å². The molecule has 0 aromatic heterocycles. The molecule has 0 aliphatic carbocycles. The molecular formula is C15H15Cl2N3O. The van der Waals surface area contributed by atoms with E-state index in [9.17, 15) is 4.79 Å². The first kappa shape index (κ1) is 15.6. The zero-order valence-electron chi connectivity index (χ0n) is 11.4. The molecular weight excluding hydrogens is 309 g/mol. The molecule has 0 saturated heterocycles. The summed E-state index contributed by atoms with van der Waals surface area (Å²) < 4.78 is 0. The molecule has 0 spiro atoms. The number of carbonyl (C=O) groups excluding carboxylic acids is 1. The maximum atomic E-state index is 11.9. The summed E-state index contributed by atoms with van der Waals surface area (Å²) in [6.07, 6.45) is 0. The summed E-state index contributed by atoms with van der Waals surface area (Å²) in [6.45, 7) is 1.88. The van der Waals surface area contributed by atoms with Gasteiger partial charge in [0.05, 0.1) is 10.0 Å². The number of nitrogens with one attached hydrogen (secondary N) is 2. The van der Waals surface area contributed by atoms with Crippen LogP contribution in [-0.2, 0) is 0 Å². The number of urea groups is 1. The van der Waals surface area contributed by atoms with Crippen LogP contribution in [0.1, 0.15) is 18.5 Å². The summed E-state index contributed by atoms with van der Waals surface area (Å²) >= 11 is 11.7. The van der Waals surface area contributed by atoms with Gasteiger partial charge in [-0.05, 0) is 42.8 Å². The van der Waals surface area contributed by atoms with Gasteiger partial charge in [-0.25, -0.2) is 4.79 Å². The molecule has 4 N–H and O–H groups in total. The smallest absolute Gasteiger partial charge is 0.323 e. The van der Waals surface area contributed by atoms with E-state index in [4.69, 9.17) is 28.9 Å². The first-order valence-electron chi connectivity index (χ1n) is 6.34. The van der Waals surface area contributed by atoms with E-state index in [-0.39, 0.29) is 12.1 Å². The van der Waals surface area contributed by atoms with Crippen molar-refractivity contribution in [3.05, 3.63) is 58.1 Å². The molecule has 2 rings (SSSR count). The molecule has 21 heavy (non-hydrogen) atoms. The Morgan fingerprint density at radius 1 is 1.05 bits per heavy atom. The van der Waals surface area contributed by atoms with E-state index in [1.807, 2.05) is 25.1 Å². The van der Waals surface area contributed by atoms with Crippen molar-refractivity contribution in [3.63, 3.8) is 0 Å². The van der Waals surface area contributed by atoms with Gasteiger partial charge in [0.2, 0.25) is 0 Å². The van der Waals surface area contributed by atoms with E-state index < -0.39 is 0 Å². The molecule has 0 bridgehead atoms. The highest BCUT2D eigenvalue weighted by atomic mass is 35.5. The summed E-state index contributed by atoms with van der Waals surface area (Å²) in [5.74, 6) is 0. The Hall–Kier alpha value is -1.75. The van der Waals surface area contributed by atoms with Crippen LogP contribution in [-0.4, -0.2) is 6.03 Å². The third-order valence-electron chi connectivity index (χ3n) is 2.85. The SMILES string of the molecule is CC(N)c1cccc(NC(=O)Nc2ccc(Cl)c(Cl)c2)c1. The average molecular weight is 324 g/mol. The van der Waals surface area contributed by atoms with Crippen molar-refractivity contribution in [3.8, 4) is 0 Å². The molecule has 0 aliphatic rings. The zero-order valence-corrected chi connectivity index (χ0v) is 12.9. The lowest BCUT2D eigenvalue weighted by molar-refractivity contribution is 0.262. The van der Waals surface area contributed by atoms with Crippen LogP contribution in [0.3, 0.4) is 0 Å². The number of carbonyl (C=O) groups is 1. The monoisotopic (exact) mass is 323 g/mol. The maximum absolute atomic E-state index is 11.9. The normalized spacial score (nSPS) is 11.8. The van der Waals surface area contributed by atoms with Crippen molar-refractivity contribution < 1.29 is 4.79 Å². The van der Waals surface area contributed by atoms with Gasteiger partial charge in [0.1, 0.15) is 0 Å². The summed E-state index contributed by atoms with van der Waals surface area (Å²) in [5.41, 5.74) is 7.99. The second kappa shape index (κ2) is 6.80. The molecule has 0 radical (unpaired) electrons. The molecule has 6 heteroatoms. The minimum atomic E-state index is -0.366. The molecule has 110 valence electrons. The third kappa shape index (κ3) is 4.36. The standard InChI is InChI=1S/C15H15Cl2N3O/c1-9(18)10-3-2-4-11(7-10)19-15(21)20-12-5-6-13(16)14(17)8-12/h2-9H,18H2,1H3,(H2,19,20,21). The highest BCUT2D eigenvalue weighted by Gasteiger charge is 2.06. The largest absolute Gasteiger partial charge is 0.324 e. The molecule has 1 unspecified atom stereocenters. The van der Waals surface area contributed by atoms with Crippen molar-refractivity contribution >= 4 is 40.6 Å². The van der Waals surface area contributed by atoms with Crippen LogP contribution in [0.4, 0.5) is 16.2 Å². The van der Waals surface area contributed by atoms with Gasteiger partial charge in [-0.1, -0.05) is 35.3 Å². The highest BCUT2D eigenvalue weighted by molar-refractivity contribution is 6.42. The number of halogens is 2. The Morgan fingerprint density at radius 3 is 2.33 bits per heavy atom. The maximum Gasteiger partial charge on any atom is 0.323 e. The van der Waals surface area contributed by atoms with Gasteiger partial charge in [-0.3, -0.25) is 0 Å². The van der Waals surface area contributed by atoms with Crippen LogP contribution >= 0.6 is 23.2 Å². The van der Waals surface area contributed by atoms with E-state index in [0.29, 0.717) is 21.4 Å². The fourth-order valence-corrected chi connectivity index (χ4v) is 2.07. The number of hydrogen-bond acceptors (Lipinski definition) is 2. The molecule has 2 aromatic carbocycles. The number of anilines is 2. The first-order chi connectivity index (χ1) is 9.95. The van der Waals surface area contributed by atoms with Gasteiger partial charge in [0.15, 0.2) is 0 Å². The van der Waals surface area contributed by atoms with E-state index in [1.54, 1.807) is 24.3 Å². The molecule has 0 aliphatic heterocycles. The lowest BCUT2D eigenvalue weighted by Crippen LogP contribution is -2.19. The van der Waals surface area contributed by atoms with Crippen LogP contribution < -0.4 is 16.4 Å². The van der Waals surface area contributed by atoms with Gasteiger partial charge >= 0.3 is 6.03 Å². The minimum absolute atomic E-state index is 0.0927. The number of hydrogen-bond donors (Lipinski definition) is 3. The average Bonchev–Trinajstić information content (AvgIpc) is 2.43. The topological polar surface area (TPSA) is 67.1 Å². The second-order valence-electron chi connectivity index (χ2n) is 4.62. The Morgan fingerprint density at radius 2 is 1.71 bits per heavy atom. The van der Waals surface area contributed by atoms with E-state index in [0.717, 1.165) is 5.56 Å². The number of nitrogens with two attached hydrogens (primary N) is 1. The van der Waals surface area contributed by atoms with Gasteiger partial charge in [-0.2, -0.15) is 0 Å². The predicted octanol–water partition coefficient (Wildman–Crippen LogP) is 4.66. The Kier molecular flexibility index (Phi) is 5.07. The van der Waals surface area contributed by atoms with E-state index in [2.05, 4.69) is 10.6 Å². The van der Waals surface area contributed by atoms with Crippen molar-refractivity contribution in [2.24, 2.45) is 5.73 Å².